The van der Waals surface area contributed by atoms with Crippen molar-refractivity contribution in [3.8, 4) is 22.3 Å². The van der Waals surface area contributed by atoms with E-state index in [0.29, 0.717) is 0 Å². The maximum atomic E-state index is 6.38. The highest BCUT2D eigenvalue weighted by atomic mass is 32.1. The fourth-order valence-electron chi connectivity index (χ4n) is 8.15. The monoisotopic (exact) mass is 693 g/mol. The van der Waals surface area contributed by atoms with Gasteiger partial charge in [0.05, 0.1) is 0 Å². The van der Waals surface area contributed by atoms with Gasteiger partial charge < -0.3 is 9.32 Å². The Balaban J connectivity index is 1.12. The molecule has 248 valence electrons. The first kappa shape index (κ1) is 30.0. The van der Waals surface area contributed by atoms with E-state index in [-0.39, 0.29) is 0 Å². The van der Waals surface area contributed by atoms with Crippen LogP contribution in [0, 0.1) is 0 Å². The van der Waals surface area contributed by atoms with E-state index in [9.17, 15) is 0 Å². The molecular formula is C50H31NOS. The molecule has 0 fully saturated rings. The molecule has 53 heavy (non-hydrogen) atoms. The smallest absolute Gasteiger partial charge is 0.136 e. The van der Waals surface area contributed by atoms with Gasteiger partial charge in [-0.15, -0.1) is 11.3 Å². The number of hydrogen-bond donors (Lipinski definition) is 0. The van der Waals surface area contributed by atoms with Gasteiger partial charge in [0, 0.05) is 48.0 Å². The summed E-state index contributed by atoms with van der Waals surface area (Å²) < 4.78 is 8.96. The Morgan fingerprint density at radius 2 is 1.06 bits per heavy atom. The van der Waals surface area contributed by atoms with E-state index in [4.69, 9.17) is 4.42 Å². The molecule has 11 rings (SSSR count). The molecule has 0 saturated carbocycles. The Bertz CT molecular complexity index is 3170. The molecule has 0 atom stereocenters. The van der Waals surface area contributed by atoms with Gasteiger partial charge in [-0.05, 0) is 111 Å². The summed E-state index contributed by atoms with van der Waals surface area (Å²) in [6.45, 7) is 0. The summed E-state index contributed by atoms with van der Waals surface area (Å²) in [4.78, 5) is 2.37. The van der Waals surface area contributed by atoms with Crippen LogP contribution in [0.15, 0.2) is 192 Å². The maximum Gasteiger partial charge on any atom is 0.136 e. The highest BCUT2D eigenvalue weighted by Gasteiger charge is 2.21. The molecule has 0 spiro atoms. The van der Waals surface area contributed by atoms with Crippen LogP contribution in [0.25, 0.3) is 85.9 Å². The van der Waals surface area contributed by atoms with Gasteiger partial charge in [-0.2, -0.15) is 0 Å². The van der Waals surface area contributed by atoms with Crippen LogP contribution in [0.2, 0.25) is 0 Å². The van der Waals surface area contributed by atoms with Crippen molar-refractivity contribution in [3.05, 3.63) is 188 Å². The molecule has 2 nitrogen and oxygen atoms in total. The molecule has 0 bridgehead atoms. The third kappa shape index (κ3) is 4.86. The maximum absolute atomic E-state index is 6.38. The molecule has 0 N–H and O–H groups in total. The number of fused-ring (bicyclic) bond motifs is 9. The minimum atomic E-state index is 0.910. The van der Waals surface area contributed by atoms with E-state index < -0.39 is 0 Å². The lowest BCUT2D eigenvalue weighted by Gasteiger charge is -2.26. The van der Waals surface area contributed by atoms with E-state index in [2.05, 4.69) is 187 Å². The van der Waals surface area contributed by atoms with Crippen LogP contribution in [-0.4, -0.2) is 0 Å². The zero-order chi connectivity index (χ0) is 34.9. The van der Waals surface area contributed by atoms with E-state index >= 15 is 0 Å². The number of anilines is 3. The largest absolute Gasteiger partial charge is 0.456 e. The minimum absolute atomic E-state index is 0.910. The fourth-order valence-corrected chi connectivity index (χ4v) is 9.39. The van der Waals surface area contributed by atoms with Crippen LogP contribution in [-0.2, 0) is 0 Å². The molecular weight excluding hydrogens is 663 g/mol. The second-order valence-corrected chi connectivity index (χ2v) is 14.7. The Hall–Kier alpha value is -6.68. The van der Waals surface area contributed by atoms with E-state index in [1.165, 1.54) is 64.0 Å². The highest BCUT2D eigenvalue weighted by Crippen LogP contribution is 2.48. The van der Waals surface area contributed by atoms with Crippen molar-refractivity contribution < 1.29 is 4.42 Å². The van der Waals surface area contributed by atoms with Crippen LogP contribution in [0.3, 0.4) is 0 Å². The van der Waals surface area contributed by atoms with Gasteiger partial charge >= 0.3 is 0 Å². The first-order valence-electron chi connectivity index (χ1n) is 18.0. The summed E-state index contributed by atoms with van der Waals surface area (Å²) in [7, 11) is 0. The molecule has 11 aromatic rings. The summed E-state index contributed by atoms with van der Waals surface area (Å²) in [5.41, 5.74) is 10.0. The normalized spacial score (nSPS) is 11.8. The minimum Gasteiger partial charge on any atom is -0.456 e. The SMILES string of the molecule is c1ccc(N(c2ccc(-c3ccc4ccccc4c3)cc2)c2ccc3sc4c5ccccc5cc(-c5cccc6oc7ccccc7c56)c4c3c2)cc1. The predicted octanol–water partition coefficient (Wildman–Crippen LogP) is 15.1. The molecule has 0 aliphatic carbocycles. The molecule has 3 heteroatoms. The van der Waals surface area contributed by atoms with Gasteiger partial charge in [0.2, 0.25) is 0 Å². The quantitative estimate of drug-likeness (QED) is 0.178. The zero-order valence-electron chi connectivity index (χ0n) is 28.7. The average Bonchev–Trinajstić information content (AvgIpc) is 3.80. The number of para-hydroxylation sites is 2. The van der Waals surface area contributed by atoms with E-state index in [0.717, 1.165) is 39.0 Å². The summed E-state index contributed by atoms with van der Waals surface area (Å²) in [6, 6.07) is 67.9. The van der Waals surface area contributed by atoms with Crippen LogP contribution in [0.1, 0.15) is 0 Å². The number of benzene rings is 9. The van der Waals surface area contributed by atoms with Crippen molar-refractivity contribution in [2.45, 2.75) is 0 Å². The van der Waals surface area contributed by atoms with Crippen molar-refractivity contribution in [1.82, 2.24) is 0 Å². The third-order valence-corrected chi connectivity index (χ3v) is 11.8. The molecule has 9 aromatic carbocycles. The first-order valence-corrected chi connectivity index (χ1v) is 18.8. The molecule has 2 heterocycles. The fraction of sp³-hybridized carbons (Fsp3) is 0. The topological polar surface area (TPSA) is 16.4 Å². The Labute approximate surface area is 310 Å². The predicted molar refractivity (Wildman–Crippen MR) is 227 cm³/mol. The lowest BCUT2D eigenvalue weighted by Crippen LogP contribution is -2.09. The van der Waals surface area contributed by atoms with Crippen LogP contribution in [0.4, 0.5) is 17.1 Å². The molecule has 0 amide bonds. The van der Waals surface area contributed by atoms with Crippen LogP contribution in [0.5, 0.6) is 0 Å². The van der Waals surface area contributed by atoms with E-state index in [1.54, 1.807) is 0 Å². The summed E-state index contributed by atoms with van der Waals surface area (Å²) in [5.74, 6) is 0. The Kier molecular flexibility index (Phi) is 6.76. The van der Waals surface area contributed by atoms with Gasteiger partial charge in [-0.1, -0.05) is 121 Å². The Morgan fingerprint density at radius 3 is 1.92 bits per heavy atom. The van der Waals surface area contributed by atoms with Gasteiger partial charge in [0.1, 0.15) is 11.2 Å². The van der Waals surface area contributed by atoms with Gasteiger partial charge in [-0.25, -0.2) is 0 Å². The summed E-state index contributed by atoms with van der Waals surface area (Å²) in [5, 5.41) is 9.86. The second kappa shape index (κ2) is 11.9. The van der Waals surface area contributed by atoms with Crippen molar-refractivity contribution in [3.63, 3.8) is 0 Å². The number of hydrogen-bond acceptors (Lipinski definition) is 3. The van der Waals surface area contributed by atoms with Crippen molar-refractivity contribution >= 4 is 92.1 Å². The third-order valence-electron chi connectivity index (χ3n) is 10.6. The second-order valence-electron chi connectivity index (χ2n) is 13.7. The van der Waals surface area contributed by atoms with Crippen LogP contribution < -0.4 is 4.90 Å². The van der Waals surface area contributed by atoms with Crippen molar-refractivity contribution in [2.24, 2.45) is 0 Å². The molecule has 0 aliphatic heterocycles. The summed E-state index contributed by atoms with van der Waals surface area (Å²) >= 11 is 1.88. The lowest BCUT2D eigenvalue weighted by atomic mass is 9.92. The zero-order valence-corrected chi connectivity index (χ0v) is 29.5. The number of thiophene rings is 1. The number of furan rings is 1. The highest BCUT2D eigenvalue weighted by molar-refractivity contribution is 7.26. The molecule has 0 unspecified atom stereocenters. The molecule has 0 radical (unpaired) electrons. The van der Waals surface area contributed by atoms with Gasteiger partial charge in [-0.3, -0.25) is 0 Å². The van der Waals surface area contributed by atoms with Crippen LogP contribution >= 0.6 is 11.3 Å². The number of rotatable bonds is 5. The average molecular weight is 694 g/mol. The Morgan fingerprint density at radius 1 is 0.377 bits per heavy atom. The van der Waals surface area contributed by atoms with Crippen molar-refractivity contribution in [1.29, 1.82) is 0 Å². The standard InChI is InChI=1S/C50H31NOS/c1-2-14-37(15-3-1)51(38-25-23-33(24-26-38)35-22-21-32-11-4-5-12-34(32)29-35)39-27-28-47-44(31-39)49-43(30-36-13-6-7-16-40(36)50(49)53-47)41-18-10-20-46-48(41)42-17-8-9-19-45(42)52-46/h1-31H. The van der Waals surface area contributed by atoms with Gasteiger partial charge in [0.25, 0.3) is 0 Å². The van der Waals surface area contributed by atoms with Gasteiger partial charge in [0.15, 0.2) is 0 Å². The number of nitrogens with zero attached hydrogens (tertiary/aromatic N) is 1. The first-order chi connectivity index (χ1) is 26.3. The molecule has 0 aliphatic rings. The van der Waals surface area contributed by atoms with Crippen molar-refractivity contribution in [2.75, 3.05) is 4.90 Å². The molecule has 0 saturated heterocycles. The summed E-state index contributed by atoms with van der Waals surface area (Å²) in [6.07, 6.45) is 0. The lowest BCUT2D eigenvalue weighted by molar-refractivity contribution is 0.669. The van der Waals surface area contributed by atoms with E-state index in [1.807, 2.05) is 17.4 Å². The molecule has 2 aromatic heterocycles.